The van der Waals surface area contributed by atoms with Gasteiger partial charge in [0.05, 0.1) is 37.0 Å². The van der Waals surface area contributed by atoms with Crippen molar-refractivity contribution in [2.75, 3.05) is 65.5 Å². The molecule has 44 heavy (non-hydrogen) atoms. The Labute approximate surface area is 261 Å². The molecule has 0 N–H and O–H groups in total. The highest BCUT2D eigenvalue weighted by Gasteiger charge is 2.16. The van der Waals surface area contributed by atoms with E-state index >= 15 is 0 Å². The number of allylic oxidation sites excluding steroid dienone is 2. The summed E-state index contributed by atoms with van der Waals surface area (Å²) in [6.45, 7) is -0.692. The van der Waals surface area contributed by atoms with Crippen molar-refractivity contribution in [3.8, 4) is 0 Å². The van der Waals surface area contributed by atoms with Crippen LogP contribution in [0.15, 0.2) is 12.2 Å². The second-order valence-electron chi connectivity index (χ2n) is 11.0. The number of unbranched alkanes of at least 4 members (excludes halogenated alkanes) is 11. The van der Waals surface area contributed by atoms with Crippen LogP contribution in [0.25, 0.3) is 0 Å². The number of carboxylic acids is 4. The molecule has 0 aromatic carbocycles. The smallest absolute Gasteiger partial charge is 0.320 e. The number of carboxylic acid groups (broad SMARTS) is 4. The van der Waals surface area contributed by atoms with Crippen molar-refractivity contribution >= 4 is 29.8 Å². The first-order valence-electron chi connectivity index (χ1n) is 15.8. The van der Waals surface area contributed by atoms with E-state index < -0.39 is 56.0 Å². The Kier molecular flexibility index (Phi) is 25.6. The Balaban J connectivity index is 4.52. The molecule has 0 radical (unpaired) electrons. The van der Waals surface area contributed by atoms with E-state index in [0.29, 0.717) is 6.42 Å². The van der Waals surface area contributed by atoms with Gasteiger partial charge in [0.15, 0.2) is 0 Å². The Bertz CT molecular complexity index is 781. The highest BCUT2D eigenvalue weighted by atomic mass is 16.5. The summed E-state index contributed by atoms with van der Waals surface area (Å²) >= 11 is 0. The van der Waals surface area contributed by atoms with Crippen LogP contribution >= 0.6 is 0 Å². The number of esters is 1. The molecule has 0 rings (SSSR count). The summed E-state index contributed by atoms with van der Waals surface area (Å²) < 4.78 is 5.32. The fourth-order valence-electron chi connectivity index (χ4n) is 4.58. The molecule has 0 aromatic rings. The van der Waals surface area contributed by atoms with Gasteiger partial charge >= 0.3 is 5.97 Å². The molecule has 0 fully saturated rings. The van der Waals surface area contributed by atoms with Crippen molar-refractivity contribution in [2.24, 2.45) is 0 Å². The van der Waals surface area contributed by atoms with Gasteiger partial charge < -0.3 is 44.3 Å². The average molecular weight is 626 g/mol. The summed E-state index contributed by atoms with van der Waals surface area (Å²) in [5, 5.41) is 43.9. The normalized spacial score (nSPS) is 11.5. The molecule has 0 aromatic heterocycles. The molecular weight excluding hydrogens is 574 g/mol. The van der Waals surface area contributed by atoms with Crippen LogP contribution in [0.2, 0.25) is 0 Å². The van der Waals surface area contributed by atoms with E-state index in [9.17, 15) is 44.4 Å². The lowest BCUT2D eigenvalue weighted by molar-refractivity contribution is -0.312. The van der Waals surface area contributed by atoms with Gasteiger partial charge in [-0.05, 0) is 32.1 Å². The third-order valence-corrected chi connectivity index (χ3v) is 6.90. The molecule has 13 nitrogen and oxygen atoms in total. The lowest BCUT2D eigenvalue weighted by Gasteiger charge is -2.30. The van der Waals surface area contributed by atoms with Gasteiger partial charge in [0.1, 0.15) is 0 Å². The number of aliphatic carboxylic acids is 4. The SMILES string of the molecule is CCCCCCCC/C=C\CCCCCCCOC(=O)CN(CCN(CC(=O)[O-])CC(=O)[O-])CCN(CC(=O)[O-])CC(=O)[O-]. The summed E-state index contributed by atoms with van der Waals surface area (Å²) in [5.74, 6) is -6.55. The maximum absolute atomic E-state index is 12.5. The van der Waals surface area contributed by atoms with Crippen LogP contribution in [-0.2, 0) is 28.7 Å². The third-order valence-electron chi connectivity index (χ3n) is 6.90. The first kappa shape index (κ1) is 41.0. The van der Waals surface area contributed by atoms with Gasteiger partial charge in [0, 0.05) is 52.4 Å². The van der Waals surface area contributed by atoms with Crippen LogP contribution in [0.3, 0.4) is 0 Å². The fourth-order valence-corrected chi connectivity index (χ4v) is 4.58. The summed E-state index contributed by atoms with van der Waals surface area (Å²) in [6.07, 6.45) is 19.4. The topological polar surface area (TPSA) is 197 Å². The molecule has 0 unspecified atom stereocenters. The van der Waals surface area contributed by atoms with Crippen molar-refractivity contribution in [1.29, 1.82) is 0 Å². The summed E-state index contributed by atoms with van der Waals surface area (Å²) in [5.41, 5.74) is 0. The second kappa shape index (κ2) is 27.5. The van der Waals surface area contributed by atoms with Gasteiger partial charge in [-0.1, -0.05) is 70.4 Å². The Morgan fingerprint density at radius 1 is 0.500 bits per heavy atom. The molecule has 0 amide bonds. The number of carbonyl (C=O) groups excluding carboxylic acids is 5. The van der Waals surface area contributed by atoms with Crippen molar-refractivity contribution in [2.45, 2.75) is 90.4 Å². The second-order valence-corrected chi connectivity index (χ2v) is 11.0. The maximum atomic E-state index is 12.5. The Hall–Kier alpha value is -3.03. The highest BCUT2D eigenvalue weighted by Crippen LogP contribution is 2.09. The van der Waals surface area contributed by atoms with Crippen LogP contribution in [0, 0.1) is 0 Å². The molecule has 254 valence electrons. The number of ether oxygens (including phenoxy) is 1. The fraction of sp³-hybridized carbons (Fsp3) is 0.774. The van der Waals surface area contributed by atoms with E-state index in [1.165, 1.54) is 43.4 Å². The third kappa shape index (κ3) is 27.8. The first-order chi connectivity index (χ1) is 21.0. The number of rotatable bonds is 31. The summed E-state index contributed by atoms with van der Waals surface area (Å²) in [7, 11) is 0. The van der Waals surface area contributed by atoms with Gasteiger partial charge in [-0.2, -0.15) is 0 Å². The minimum absolute atomic E-state index is 0.00749. The predicted octanol–water partition coefficient (Wildman–Crippen LogP) is -1.92. The molecule has 0 spiro atoms. The molecule has 0 atom stereocenters. The van der Waals surface area contributed by atoms with Crippen molar-refractivity contribution in [1.82, 2.24) is 14.7 Å². The van der Waals surface area contributed by atoms with Gasteiger partial charge in [-0.3, -0.25) is 19.5 Å². The number of hydrogen-bond acceptors (Lipinski definition) is 13. The van der Waals surface area contributed by atoms with Crippen LogP contribution in [0.5, 0.6) is 0 Å². The lowest BCUT2D eigenvalue weighted by atomic mass is 10.1. The van der Waals surface area contributed by atoms with E-state index in [4.69, 9.17) is 4.74 Å². The van der Waals surface area contributed by atoms with Crippen molar-refractivity contribution < 1.29 is 49.1 Å². The zero-order chi connectivity index (χ0) is 33.0. The largest absolute Gasteiger partial charge is 0.549 e. The number of nitrogens with zero attached hydrogens (tertiary/aromatic N) is 3. The quantitative estimate of drug-likeness (QED) is 0.0470. The standard InChI is InChI=1S/C31H55N3O10/c1-2-3-4-5-6-7-8-9-10-11-12-13-14-15-16-21-44-31(43)26-32(17-19-33(22-27(35)36)23-28(37)38)18-20-34(24-29(39)40)25-30(41)42/h9-10H,2-8,11-26H2,1H3,(H,35,36)(H,37,38)(H,39,40)(H,41,42)/p-4/b10-9-. The number of hydrogen-bond donors (Lipinski definition) is 0. The van der Waals surface area contributed by atoms with Gasteiger partial charge in [0.25, 0.3) is 0 Å². The molecule has 0 saturated heterocycles. The zero-order valence-corrected chi connectivity index (χ0v) is 26.3. The zero-order valence-electron chi connectivity index (χ0n) is 26.3. The Morgan fingerprint density at radius 2 is 0.864 bits per heavy atom. The molecule has 13 heteroatoms. The molecule has 0 bridgehead atoms. The molecular formula is C31H51N3O10-4. The molecule has 0 aliphatic heterocycles. The van der Waals surface area contributed by atoms with Gasteiger partial charge in [-0.25, -0.2) is 0 Å². The van der Waals surface area contributed by atoms with Crippen molar-refractivity contribution in [3.05, 3.63) is 12.2 Å². The van der Waals surface area contributed by atoms with E-state index in [-0.39, 0.29) is 39.3 Å². The maximum Gasteiger partial charge on any atom is 0.320 e. The van der Waals surface area contributed by atoms with Crippen LogP contribution in [-0.4, -0.2) is 110 Å². The summed E-state index contributed by atoms with van der Waals surface area (Å²) in [6, 6.07) is 0. The molecule has 0 heterocycles. The van der Waals surface area contributed by atoms with E-state index in [1.807, 2.05) is 0 Å². The monoisotopic (exact) mass is 625 g/mol. The minimum Gasteiger partial charge on any atom is -0.549 e. The average Bonchev–Trinajstić information content (AvgIpc) is 2.92. The van der Waals surface area contributed by atoms with Gasteiger partial charge in [-0.15, -0.1) is 0 Å². The summed E-state index contributed by atoms with van der Waals surface area (Å²) in [4.78, 5) is 60.0. The van der Waals surface area contributed by atoms with E-state index in [0.717, 1.165) is 48.3 Å². The minimum atomic E-state index is -1.49. The molecule has 0 aliphatic rings. The Morgan fingerprint density at radius 3 is 1.27 bits per heavy atom. The number of carbonyl (C=O) groups is 5. The lowest BCUT2D eigenvalue weighted by Crippen LogP contribution is -2.49. The predicted molar refractivity (Wildman–Crippen MR) is 155 cm³/mol. The molecule has 0 saturated carbocycles. The van der Waals surface area contributed by atoms with Crippen LogP contribution < -0.4 is 20.4 Å². The van der Waals surface area contributed by atoms with Gasteiger partial charge in [0.2, 0.25) is 0 Å². The van der Waals surface area contributed by atoms with E-state index in [1.54, 1.807) is 0 Å². The van der Waals surface area contributed by atoms with E-state index in [2.05, 4.69) is 19.1 Å². The van der Waals surface area contributed by atoms with Crippen LogP contribution in [0.1, 0.15) is 90.4 Å². The highest BCUT2D eigenvalue weighted by molar-refractivity contribution is 5.72. The van der Waals surface area contributed by atoms with Crippen molar-refractivity contribution in [3.63, 3.8) is 0 Å². The van der Waals surface area contributed by atoms with Crippen LogP contribution in [0.4, 0.5) is 0 Å². The first-order valence-corrected chi connectivity index (χ1v) is 15.8. The molecule has 0 aliphatic carbocycles.